The highest BCUT2D eigenvalue weighted by atomic mass is 16.5. The largest absolute Gasteiger partial charge is 0.493 e. The molecule has 1 heterocycles. The Hall–Kier alpha value is -1.07. The van der Waals surface area contributed by atoms with E-state index < -0.39 is 0 Å². The molecule has 0 fully saturated rings. The molecule has 0 amide bonds. The predicted octanol–water partition coefficient (Wildman–Crippen LogP) is 1.50. The van der Waals surface area contributed by atoms with Crippen molar-refractivity contribution in [3.8, 4) is 5.75 Å². The summed E-state index contributed by atoms with van der Waals surface area (Å²) in [5, 5.41) is 4.38. The first-order valence-electron chi connectivity index (χ1n) is 6.51. The Kier molecular flexibility index (Phi) is 5.62. The summed E-state index contributed by atoms with van der Waals surface area (Å²) in [4.78, 5) is 2.13. The van der Waals surface area contributed by atoms with Crippen LogP contribution in [0.3, 0.4) is 0 Å². The molecule has 0 saturated carbocycles. The Balaban J connectivity index is 2.94. The monoisotopic (exact) mass is 254 g/mol. The number of hydrogen-bond acceptors (Lipinski definition) is 4. The topological polar surface area (TPSA) is 56.3 Å². The molecule has 2 N–H and O–H groups in total. The van der Waals surface area contributed by atoms with E-state index >= 15 is 0 Å². The van der Waals surface area contributed by atoms with E-state index in [2.05, 4.69) is 37.9 Å². The minimum absolute atomic E-state index is 0.0328. The molecule has 5 nitrogen and oxygen atoms in total. The van der Waals surface area contributed by atoms with Crippen molar-refractivity contribution in [2.45, 2.75) is 32.9 Å². The highest BCUT2D eigenvalue weighted by molar-refractivity contribution is 5.28. The van der Waals surface area contributed by atoms with Crippen molar-refractivity contribution in [1.29, 1.82) is 0 Å². The van der Waals surface area contributed by atoms with Crippen molar-refractivity contribution < 1.29 is 4.74 Å². The van der Waals surface area contributed by atoms with Crippen LogP contribution in [0.2, 0.25) is 0 Å². The number of aromatic nitrogens is 2. The number of hydrogen-bond donors (Lipinski definition) is 1. The number of nitrogens with zero attached hydrogens (tertiary/aromatic N) is 3. The molecule has 0 radical (unpaired) electrons. The minimum atomic E-state index is -0.0328. The van der Waals surface area contributed by atoms with Crippen molar-refractivity contribution in [3.05, 3.63) is 11.9 Å². The molecule has 0 aliphatic carbocycles. The lowest BCUT2D eigenvalue weighted by atomic mass is 9.97. The predicted molar refractivity (Wildman–Crippen MR) is 73.7 cm³/mol. The van der Waals surface area contributed by atoms with Gasteiger partial charge in [0.1, 0.15) is 0 Å². The van der Waals surface area contributed by atoms with Gasteiger partial charge in [-0.05, 0) is 20.0 Å². The molecule has 104 valence electrons. The van der Waals surface area contributed by atoms with Gasteiger partial charge in [0.05, 0.1) is 31.6 Å². The molecular weight excluding hydrogens is 228 g/mol. The minimum Gasteiger partial charge on any atom is -0.493 e. The maximum absolute atomic E-state index is 6.32. The summed E-state index contributed by atoms with van der Waals surface area (Å²) in [5.41, 5.74) is 7.33. The Morgan fingerprint density at radius 1 is 1.50 bits per heavy atom. The maximum atomic E-state index is 6.32. The van der Waals surface area contributed by atoms with E-state index in [1.165, 1.54) is 0 Å². The van der Waals surface area contributed by atoms with Crippen LogP contribution in [0, 0.1) is 5.92 Å². The lowest BCUT2D eigenvalue weighted by molar-refractivity contribution is 0.345. The molecule has 18 heavy (non-hydrogen) atoms. The molecule has 0 spiro atoms. The molecule has 2 unspecified atom stereocenters. The first kappa shape index (κ1) is 15.0. The van der Waals surface area contributed by atoms with Crippen molar-refractivity contribution >= 4 is 0 Å². The summed E-state index contributed by atoms with van der Waals surface area (Å²) in [6.45, 7) is 6.08. The summed E-state index contributed by atoms with van der Waals surface area (Å²) in [5.74, 6) is 1.20. The number of nitrogens with two attached hydrogens (primary N) is 1. The van der Waals surface area contributed by atoms with Gasteiger partial charge in [0, 0.05) is 6.54 Å². The lowest BCUT2D eigenvalue weighted by Crippen LogP contribution is -2.26. The third kappa shape index (κ3) is 3.46. The van der Waals surface area contributed by atoms with E-state index in [1.807, 2.05) is 4.68 Å². The van der Waals surface area contributed by atoms with E-state index in [1.54, 1.807) is 13.3 Å². The van der Waals surface area contributed by atoms with E-state index in [0.717, 1.165) is 31.0 Å². The van der Waals surface area contributed by atoms with Gasteiger partial charge in [-0.25, -0.2) is 0 Å². The van der Waals surface area contributed by atoms with Gasteiger partial charge in [-0.2, -0.15) is 5.10 Å². The fraction of sp³-hybridized carbons (Fsp3) is 0.769. The second kappa shape index (κ2) is 6.75. The SMILES string of the molecule is CCC(C)C(N)c1c(OC)cnn1CCN(C)C. The van der Waals surface area contributed by atoms with E-state index in [-0.39, 0.29) is 6.04 Å². The fourth-order valence-corrected chi connectivity index (χ4v) is 1.87. The number of ether oxygens (including phenoxy) is 1. The second-order valence-electron chi connectivity index (χ2n) is 5.04. The van der Waals surface area contributed by atoms with Gasteiger partial charge < -0.3 is 15.4 Å². The Morgan fingerprint density at radius 3 is 2.67 bits per heavy atom. The summed E-state index contributed by atoms with van der Waals surface area (Å²) >= 11 is 0. The number of likely N-dealkylation sites (N-methyl/N-ethyl adjacent to an activating group) is 1. The van der Waals surface area contributed by atoms with Gasteiger partial charge in [0.2, 0.25) is 0 Å². The zero-order valence-electron chi connectivity index (χ0n) is 12.2. The van der Waals surface area contributed by atoms with E-state index in [0.29, 0.717) is 5.92 Å². The molecule has 1 aromatic rings. The molecule has 1 aromatic heterocycles. The third-order valence-electron chi connectivity index (χ3n) is 3.40. The van der Waals surface area contributed by atoms with Crippen LogP contribution < -0.4 is 10.5 Å². The molecule has 5 heteroatoms. The molecule has 0 aromatic carbocycles. The van der Waals surface area contributed by atoms with Crippen LogP contribution >= 0.6 is 0 Å². The molecule has 0 aliphatic rings. The molecule has 0 saturated heterocycles. The van der Waals surface area contributed by atoms with Crippen LogP contribution in [0.25, 0.3) is 0 Å². The third-order valence-corrected chi connectivity index (χ3v) is 3.40. The fourth-order valence-electron chi connectivity index (χ4n) is 1.87. The van der Waals surface area contributed by atoms with Crippen LogP contribution in [0.15, 0.2) is 6.20 Å². The molecule has 0 bridgehead atoms. The number of methoxy groups -OCH3 is 1. The molecule has 0 aliphatic heterocycles. The van der Waals surface area contributed by atoms with Crippen LogP contribution in [-0.4, -0.2) is 42.4 Å². The average molecular weight is 254 g/mol. The summed E-state index contributed by atoms with van der Waals surface area (Å²) < 4.78 is 7.34. The zero-order chi connectivity index (χ0) is 13.7. The van der Waals surface area contributed by atoms with Gasteiger partial charge in [-0.3, -0.25) is 4.68 Å². The summed E-state index contributed by atoms with van der Waals surface area (Å²) in [6.07, 6.45) is 2.80. The Bertz CT molecular complexity index is 362. The van der Waals surface area contributed by atoms with Crippen molar-refractivity contribution in [3.63, 3.8) is 0 Å². The summed E-state index contributed by atoms with van der Waals surface area (Å²) in [7, 11) is 5.77. The molecular formula is C13H26N4O. The standard InChI is InChI=1S/C13H26N4O/c1-6-10(2)12(14)13-11(18-5)9-15-17(13)8-7-16(3)4/h9-10,12H,6-8,14H2,1-5H3. The number of rotatable bonds is 7. The first-order valence-corrected chi connectivity index (χ1v) is 6.51. The van der Waals surface area contributed by atoms with Gasteiger partial charge >= 0.3 is 0 Å². The quantitative estimate of drug-likeness (QED) is 0.801. The normalized spacial score (nSPS) is 14.8. The van der Waals surface area contributed by atoms with Gasteiger partial charge in [0.25, 0.3) is 0 Å². The second-order valence-corrected chi connectivity index (χ2v) is 5.04. The lowest BCUT2D eigenvalue weighted by Gasteiger charge is -2.21. The smallest absolute Gasteiger partial charge is 0.161 e. The Morgan fingerprint density at radius 2 is 2.17 bits per heavy atom. The highest BCUT2D eigenvalue weighted by Gasteiger charge is 2.22. The van der Waals surface area contributed by atoms with Crippen molar-refractivity contribution in [1.82, 2.24) is 14.7 Å². The van der Waals surface area contributed by atoms with Crippen LogP contribution in [0.4, 0.5) is 0 Å². The van der Waals surface area contributed by atoms with Crippen LogP contribution in [0.5, 0.6) is 5.75 Å². The van der Waals surface area contributed by atoms with Crippen molar-refractivity contribution in [2.75, 3.05) is 27.7 Å². The molecule has 2 atom stereocenters. The average Bonchev–Trinajstić information content (AvgIpc) is 2.77. The van der Waals surface area contributed by atoms with E-state index in [4.69, 9.17) is 10.5 Å². The van der Waals surface area contributed by atoms with E-state index in [9.17, 15) is 0 Å². The van der Waals surface area contributed by atoms with Gasteiger partial charge in [0.15, 0.2) is 5.75 Å². The van der Waals surface area contributed by atoms with Gasteiger partial charge in [-0.1, -0.05) is 20.3 Å². The zero-order valence-corrected chi connectivity index (χ0v) is 12.2. The Labute approximate surface area is 110 Å². The van der Waals surface area contributed by atoms with Gasteiger partial charge in [-0.15, -0.1) is 0 Å². The first-order chi connectivity index (χ1) is 8.51. The summed E-state index contributed by atoms with van der Waals surface area (Å²) in [6, 6.07) is -0.0328. The van der Waals surface area contributed by atoms with Crippen molar-refractivity contribution in [2.24, 2.45) is 11.7 Å². The highest BCUT2D eigenvalue weighted by Crippen LogP contribution is 2.29. The molecule has 1 rings (SSSR count). The maximum Gasteiger partial charge on any atom is 0.161 e. The van der Waals surface area contributed by atoms with Crippen LogP contribution in [0.1, 0.15) is 32.0 Å². The van der Waals surface area contributed by atoms with Crippen LogP contribution in [-0.2, 0) is 6.54 Å².